The maximum absolute atomic E-state index is 12.4. The number of nitrogens with zero attached hydrogens (tertiary/aromatic N) is 1. The van der Waals surface area contributed by atoms with Crippen LogP contribution in [-0.4, -0.2) is 23.1 Å². The second kappa shape index (κ2) is 7.35. The minimum atomic E-state index is -0.243. The fourth-order valence-corrected chi connectivity index (χ4v) is 3.05. The maximum Gasteiger partial charge on any atom is 0.415 e. The molecule has 0 saturated carbocycles. The van der Waals surface area contributed by atoms with Crippen molar-refractivity contribution in [3.05, 3.63) is 77.5 Å². The molecular formula is C21H23NO2. The van der Waals surface area contributed by atoms with Gasteiger partial charge in [-0.05, 0) is 30.5 Å². The molecule has 24 heavy (non-hydrogen) atoms. The van der Waals surface area contributed by atoms with Crippen LogP contribution >= 0.6 is 0 Å². The quantitative estimate of drug-likeness (QED) is 0.784. The Morgan fingerprint density at radius 2 is 1.71 bits per heavy atom. The molecule has 3 nitrogen and oxygen atoms in total. The maximum atomic E-state index is 12.4. The summed E-state index contributed by atoms with van der Waals surface area (Å²) in [5.74, 6) is 0.732. The second-order valence-electron chi connectivity index (χ2n) is 6.20. The number of benzene rings is 2. The molecule has 0 spiro atoms. The van der Waals surface area contributed by atoms with E-state index in [0.717, 1.165) is 24.2 Å². The third-order valence-corrected chi connectivity index (χ3v) is 4.53. The van der Waals surface area contributed by atoms with Crippen LogP contribution in [0.15, 0.2) is 66.4 Å². The predicted octanol–water partition coefficient (Wildman–Crippen LogP) is 4.89. The minimum Gasteiger partial charge on any atom is -0.412 e. The van der Waals surface area contributed by atoms with Gasteiger partial charge in [0, 0.05) is 12.5 Å². The molecule has 3 rings (SSSR count). The van der Waals surface area contributed by atoms with E-state index in [-0.39, 0.29) is 18.2 Å². The lowest BCUT2D eigenvalue weighted by Crippen LogP contribution is -2.41. The molecule has 0 radical (unpaired) electrons. The highest BCUT2D eigenvalue weighted by molar-refractivity contribution is 5.76. The van der Waals surface area contributed by atoms with Crippen LogP contribution in [0.2, 0.25) is 0 Å². The molecule has 1 heterocycles. The summed E-state index contributed by atoms with van der Waals surface area (Å²) in [4.78, 5) is 14.3. The molecule has 0 N–H and O–H groups in total. The molecular weight excluding hydrogens is 298 g/mol. The lowest BCUT2D eigenvalue weighted by atomic mass is 10.0. The van der Waals surface area contributed by atoms with E-state index in [0.29, 0.717) is 0 Å². The molecule has 124 valence electrons. The van der Waals surface area contributed by atoms with Crippen molar-refractivity contribution in [1.82, 2.24) is 4.90 Å². The first kappa shape index (κ1) is 16.3. The third kappa shape index (κ3) is 3.51. The van der Waals surface area contributed by atoms with Gasteiger partial charge in [-0.2, -0.15) is 0 Å². The normalized spacial score (nSPS) is 20.2. The minimum absolute atomic E-state index is 0.0601. The number of carbonyl (C=O) groups is 1. The Morgan fingerprint density at radius 3 is 2.33 bits per heavy atom. The van der Waals surface area contributed by atoms with Crippen LogP contribution in [0.4, 0.5) is 4.79 Å². The fraction of sp³-hybridized carbons (Fsp3) is 0.286. The van der Waals surface area contributed by atoms with Crippen LogP contribution in [-0.2, 0) is 11.2 Å². The van der Waals surface area contributed by atoms with Gasteiger partial charge in [0.2, 0.25) is 0 Å². The van der Waals surface area contributed by atoms with E-state index in [9.17, 15) is 4.79 Å². The van der Waals surface area contributed by atoms with Gasteiger partial charge in [-0.3, -0.25) is 4.90 Å². The highest BCUT2D eigenvalue weighted by Crippen LogP contribution is 2.30. The Hall–Kier alpha value is -2.55. The Morgan fingerprint density at radius 1 is 1.08 bits per heavy atom. The number of amides is 1. The lowest BCUT2D eigenvalue weighted by molar-refractivity contribution is 0.149. The summed E-state index contributed by atoms with van der Waals surface area (Å²) in [6.45, 7) is 4.17. The van der Waals surface area contributed by atoms with E-state index in [4.69, 9.17) is 4.74 Å². The molecule has 1 aliphatic rings. The number of rotatable bonds is 5. The number of ether oxygens (including phenoxy) is 1. The van der Waals surface area contributed by atoms with Crippen molar-refractivity contribution in [2.24, 2.45) is 0 Å². The van der Waals surface area contributed by atoms with E-state index in [1.165, 1.54) is 5.56 Å². The van der Waals surface area contributed by atoms with E-state index in [2.05, 4.69) is 26.0 Å². The van der Waals surface area contributed by atoms with Gasteiger partial charge in [-0.15, -0.1) is 0 Å². The van der Waals surface area contributed by atoms with Crippen LogP contribution < -0.4 is 0 Å². The molecule has 0 bridgehead atoms. The number of cyclic esters (lactones) is 1. The SMILES string of the molecule is CCC(C)N1C(=O)O/C(=C\c2ccccc2)C1Cc1ccccc1. The van der Waals surface area contributed by atoms with Crippen LogP contribution in [0.3, 0.4) is 0 Å². The second-order valence-corrected chi connectivity index (χ2v) is 6.20. The predicted molar refractivity (Wildman–Crippen MR) is 96.4 cm³/mol. The molecule has 2 unspecified atom stereocenters. The van der Waals surface area contributed by atoms with Gasteiger partial charge in [0.05, 0.1) is 6.04 Å². The van der Waals surface area contributed by atoms with Gasteiger partial charge in [0.15, 0.2) is 0 Å². The highest BCUT2D eigenvalue weighted by Gasteiger charge is 2.39. The van der Waals surface area contributed by atoms with E-state index in [1.807, 2.05) is 59.5 Å². The first-order valence-electron chi connectivity index (χ1n) is 8.49. The van der Waals surface area contributed by atoms with Crippen molar-refractivity contribution < 1.29 is 9.53 Å². The first-order valence-corrected chi connectivity index (χ1v) is 8.49. The van der Waals surface area contributed by atoms with Gasteiger partial charge >= 0.3 is 6.09 Å². The lowest BCUT2D eigenvalue weighted by Gasteiger charge is -2.27. The average molecular weight is 321 g/mol. The summed E-state index contributed by atoms with van der Waals surface area (Å²) in [7, 11) is 0. The van der Waals surface area contributed by atoms with Gasteiger partial charge in [-0.1, -0.05) is 67.6 Å². The van der Waals surface area contributed by atoms with Crippen LogP contribution in [0.1, 0.15) is 31.4 Å². The summed E-state index contributed by atoms with van der Waals surface area (Å²) in [5, 5.41) is 0. The van der Waals surface area contributed by atoms with Crippen LogP contribution in [0.5, 0.6) is 0 Å². The molecule has 2 aromatic rings. The van der Waals surface area contributed by atoms with E-state index >= 15 is 0 Å². The third-order valence-electron chi connectivity index (χ3n) is 4.53. The van der Waals surface area contributed by atoms with Crippen LogP contribution in [0.25, 0.3) is 6.08 Å². The Balaban J connectivity index is 1.94. The Labute approximate surface area is 143 Å². The van der Waals surface area contributed by atoms with E-state index < -0.39 is 0 Å². The van der Waals surface area contributed by atoms with Crippen molar-refractivity contribution in [2.45, 2.75) is 38.8 Å². The first-order chi connectivity index (χ1) is 11.7. The monoisotopic (exact) mass is 321 g/mol. The topological polar surface area (TPSA) is 29.5 Å². The molecule has 1 fully saturated rings. The highest BCUT2D eigenvalue weighted by atomic mass is 16.6. The largest absolute Gasteiger partial charge is 0.415 e. The van der Waals surface area contributed by atoms with Crippen LogP contribution in [0, 0.1) is 0 Å². The van der Waals surface area contributed by atoms with Crippen molar-refractivity contribution in [1.29, 1.82) is 0 Å². The average Bonchev–Trinajstić information content (AvgIpc) is 2.91. The number of hydrogen-bond acceptors (Lipinski definition) is 2. The molecule has 1 amide bonds. The zero-order valence-corrected chi connectivity index (χ0v) is 14.2. The molecule has 0 aliphatic carbocycles. The molecule has 2 aromatic carbocycles. The van der Waals surface area contributed by atoms with Gasteiger partial charge in [0.1, 0.15) is 5.76 Å². The summed E-state index contributed by atoms with van der Waals surface area (Å²) in [6, 6.07) is 20.3. The molecule has 3 heteroatoms. The van der Waals surface area contributed by atoms with E-state index in [1.54, 1.807) is 0 Å². The van der Waals surface area contributed by atoms with Crippen molar-refractivity contribution in [3.8, 4) is 0 Å². The summed E-state index contributed by atoms with van der Waals surface area (Å²) in [5.41, 5.74) is 2.25. The van der Waals surface area contributed by atoms with Gasteiger partial charge in [0.25, 0.3) is 0 Å². The van der Waals surface area contributed by atoms with Crippen molar-refractivity contribution in [3.63, 3.8) is 0 Å². The number of hydrogen-bond donors (Lipinski definition) is 0. The molecule has 0 aromatic heterocycles. The zero-order chi connectivity index (χ0) is 16.9. The van der Waals surface area contributed by atoms with Gasteiger partial charge in [-0.25, -0.2) is 4.79 Å². The number of carbonyl (C=O) groups excluding carboxylic acids is 1. The van der Waals surface area contributed by atoms with Gasteiger partial charge < -0.3 is 4.74 Å². The summed E-state index contributed by atoms with van der Waals surface area (Å²) >= 11 is 0. The smallest absolute Gasteiger partial charge is 0.412 e. The standard InChI is InChI=1S/C21H23NO2/c1-3-16(2)22-19(14-17-10-6-4-7-11-17)20(24-21(22)23)15-18-12-8-5-9-13-18/h4-13,15-16,19H,3,14H2,1-2H3/b20-15-. The summed E-state index contributed by atoms with van der Waals surface area (Å²) in [6.07, 6.45) is 3.40. The van der Waals surface area contributed by atoms with Crippen molar-refractivity contribution in [2.75, 3.05) is 0 Å². The molecule has 1 aliphatic heterocycles. The fourth-order valence-electron chi connectivity index (χ4n) is 3.05. The van der Waals surface area contributed by atoms with Crippen molar-refractivity contribution >= 4 is 12.2 Å². The molecule has 1 saturated heterocycles. The zero-order valence-electron chi connectivity index (χ0n) is 14.2. The molecule has 2 atom stereocenters. The summed E-state index contributed by atoms with van der Waals surface area (Å²) < 4.78 is 5.63. The Bertz CT molecular complexity index is 709. The Kier molecular flexibility index (Phi) is 4.99.